The number of amides is 1. The smallest absolute Gasteiger partial charge is 0.258 e. The third-order valence-electron chi connectivity index (χ3n) is 6.14. The summed E-state index contributed by atoms with van der Waals surface area (Å²) in [6.07, 6.45) is 5.10. The predicted octanol–water partition coefficient (Wildman–Crippen LogP) is 4.57. The number of hydrogen-bond acceptors (Lipinski definition) is 3. The van der Waals surface area contributed by atoms with Crippen molar-refractivity contribution in [1.29, 1.82) is 0 Å². The fourth-order valence-electron chi connectivity index (χ4n) is 4.22. The lowest BCUT2D eigenvalue weighted by atomic mass is 9.97. The first-order chi connectivity index (χ1) is 15.0. The number of carbonyl (C=O) groups is 1. The Labute approximate surface area is 187 Å². The molecule has 0 bridgehead atoms. The zero-order chi connectivity index (χ0) is 21.8. The Hall–Kier alpha value is -2.63. The fourth-order valence-corrected chi connectivity index (χ4v) is 4.34. The minimum atomic E-state index is -0.0713. The van der Waals surface area contributed by atoms with E-state index >= 15 is 0 Å². The second-order valence-electron chi connectivity index (χ2n) is 8.46. The molecule has 6 heteroatoms. The number of anilines is 1. The molecule has 1 aliphatic rings. The van der Waals surface area contributed by atoms with Gasteiger partial charge in [-0.2, -0.15) is 0 Å². The van der Waals surface area contributed by atoms with E-state index in [1.165, 1.54) is 0 Å². The summed E-state index contributed by atoms with van der Waals surface area (Å²) < 4.78 is 1.82. The Morgan fingerprint density at radius 1 is 1.06 bits per heavy atom. The first-order valence-electron chi connectivity index (χ1n) is 10.8. The number of aryl methyl sites for hydroxylation is 1. The van der Waals surface area contributed by atoms with Crippen LogP contribution >= 0.6 is 11.6 Å². The van der Waals surface area contributed by atoms with Crippen LogP contribution in [0.4, 0.5) is 5.69 Å². The number of likely N-dealkylation sites (tertiary alicyclic amines) is 1. The maximum atomic E-state index is 13.1. The van der Waals surface area contributed by atoms with Crippen molar-refractivity contribution < 1.29 is 4.79 Å². The van der Waals surface area contributed by atoms with Gasteiger partial charge in [0.05, 0.1) is 0 Å². The number of piperidine rings is 1. The van der Waals surface area contributed by atoms with Gasteiger partial charge < -0.3 is 14.8 Å². The molecule has 1 amide bonds. The molecule has 2 heterocycles. The van der Waals surface area contributed by atoms with Crippen molar-refractivity contribution in [3.63, 3.8) is 0 Å². The van der Waals surface area contributed by atoms with E-state index < -0.39 is 0 Å². The maximum Gasteiger partial charge on any atom is 0.258 e. The van der Waals surface area contributed by atoms with E-state index in [2.05, 4.69) is 17.3 Å². The van der Waals surface area contributed by atoms with Gasteiger partial charge in [-0.25, -0.2) is 0 Å². The minimum Gasteiger partial charge on any atom is -0.326 e. The average Bonchev–Trinajstić information content (AvgIpc) is 2.77. The number of carbonyl (C=O) groups excluding carboxylic acids is 1. The number of hydrogen-bond donors (Lipinski definition) is 1. The molecule has 1 N–H and O–H groups in total. The molecule has 0 radical (unpaired) electrons. The van der Waals surface area contributed by atoms with E-state index in [9.17, 15) is 9.59 Å². The van der Waals surface area contributed by atoms with Gasteiger partial charge in [0.1, 0.15) is 0 Å². The first kappa shape index (κ1) is 21.6. The Bertz CT molecular complexity index is 1120. The molecule has 0 saturated carbocycles. The van der Waals surface area contributed by atoms with Crippen LogP contribution < -0.4 is 10.9 Å². The second-order valence-corrected chi connectivity index (χ2v) is 8.90. The maximum absolute atomic E-state index is 13.1. The van der Waals surface area contributed by atoms with Crippen LogP contribution in [0.1, 0.15) is 24.8 Å². The van der Waals surface area contributed by atoms with Gasteiger partial charge in [-0.3, -0.25) is 9.59 Å². The van der Waals surface area contributed by atoms with Gasteiger partial charge in [-0.1, -0.05) is 29.8 Å². The van der Waals surface area contributed by atoms with Crippen molar-refractivity contribution >= 4 is 34.0 Å². The van der Waals surface area contributed by atoms with E-state index in [1.807, 2.05) is 59.3 Å². The number of nitrogens with zero attached hydrogens (tertiary/aromatic N) is 2. The topological polar surface area (TPSA) is 54.3 Å². The largest absolute Gasteiger partial charge is 0.326 e. The molecule has 1 fully saturated rings. The van der Waals surface area contributed by atoms with Crippen molar-refractivity contribution in [2.45, 2.75) is 32.2 Å². The predicted molar refractivity (Wildman–Crippen MR) is 127 cm³/mol. The van der Waals surface area contributed by atoms with Crippen LogP contribution in [-0.2, 0) is 17.8 Å². The normalized spacial score (nSPS) is 15.3. The number of aromatic nitrogens is 1. The Morgan fingerprint density at radius 2 is 1.81 bits per heavy atom. The Kier molecular flexibility index (Phi) is 6.73. The summed E-state index contributed by atoms with van der Waals surface area (Å²) >= 11 is 5.91. The zero-order valence-electron chi connectivity index (χ0n) is 17.8. The molecular weight excluding hydrogens is 410 g/mol. The highest BCUT2D eigenvalue weighted by Gasteiger charge is 2.18. The van der Waals surface area contributed by atoms with Crippen LogP contribution in [0.15, 0.2) is 59.5 Å². The van der Waals surface area contributed by atoms with Crippen molar-refractivity contribution in [2.24, 2.45) is 5.92 Å². The standard InChI is InChI=1S/C25H28ClN3O2/c1-28-14-11-19(12-15-28)17-29-16-13-21-22(25(29)31)3-2-4-23(21)27-24(30)10-7-18-5-8-20(26)9-6-18/h2-6,8-9,13,16,19H,7,10-12,14-15,17H2,1H3,(H,27,30). The summed E-state index contributed by atoms with van der Waals surface area (Å²) in [4.78, 5) is 27.9. The Morgan fingerprint density at radius 3 is 2.55 bits per heavy atom. The highest BCUT2D eigenvalue weighted by molar-refractivity contribution is 6.30. The van der Waals surface area contributed by atoms with E-state index in [-0.39, 0.29) is 11.5 Å². The van der Waals surface area contributed by atoms with E-state index in [1.54, 1.807) is 0 Å². The Balaban J connectivity index is 1.46. The SMILES string of the molecule is CN1CCC(Cn2ccc3c(NC(=O)CCc4ccc(Cl)cc4)cccc3c2=O)CC1. The van der Waals surface area contributed by atoms with Crippen molar-refractivity contribution in [3.8, 4) is 0 Å². The summed E-state index contributed by atoms with van der Waals surface area (Å²) in [5, 5.41) is 5.10. The van der Waals surface area contributed by atoms with Gasteiger partial charge in [0, 0.05) is 40.6 Å². The molecule has 0 unspecified atom stereocenters. The molecule has 3 aromatic rings. The van der Waals surface area contributed by atoms with E-state index in [4.69, 9.17) is 11.6 Å². The first-order valence-corrected chi connectivity index (χ1v) is 11.2. The van der Waals surface area contributed by atoms with Crippen molar-refractivity contribution in [2.75, 3.05) is 25.5 Å². The lowest BCUT2D eigenvalue weighted by Gasteiger charge is -2.29. The van der Waals surface area contributed by atoms with Crippen LogP contribution in [0.2, 0.25) is 5.02 Å². The van der Waals surface area contributed by atoms with Crippen molar-refractivity contribution in [1.82, 2.24) is 9.47 Å². The quantitative estimate of drug-likeness (QED) is 0.614. The summed E-state index contributed by atoms with van der Waals surface area (Å²) in [5.41, 5.74) is 1.75. The highest BCUT2D eigenvalue weighted by Crippen LogP contribution is 2.23. The van der Waals surface area contributed by atoms with E-state index in [0.717, 1.165) is 43.4 Å². The molecular formula is C25H28ClN3O2. The lowest BCUT2D eigenvalue weighted by molar-refractivity contribution is -0.116. The van der Waals surface area contributed by atoms with Gasteiger partial charge in [-0.15, -0.1) is 0 Å². The molecule has 2 aromatic carbocycles. The molecule has 31 heavy (non-hydrogen) atoms. The number of rotatable bonds is 6. The molecule has 0 spiro atoms. The molecule has 1 saturated heterocycles. The molecule has 1 aromatic heterocycles. The van der Waals surface area contributed by atoms with Crippen LogP contribution in [0.3, 0.4) is 0 Å². The minimum absolute atomic E-state index is 0.00805. The summed E-state index contributed by atoms with van der Waals surface area (Å²) in [7, 11) is 2.14. The zero-order valence-corrected chi connectivity index (χ0v) is 18.6. The van der Waals surface area contributed by atoms with Crippen LogP contribution in [0.5, 0.6) is 0 Å². The summed E-state index contributed by atoms with van der Waals surface area (Å²) in [5.74, 6) is 0.458. The van der Waals surface area contributed by atoms with Crippen LogP contribution in [0.25, 0.3) is 10.8 Å². The summed E-state index contributed by atoms with van der Waals surface area (Å²) in [6, 6.07) is 15.0. The number of halogens is 1. The van der Waals surface area contributed by atoms with Gasteiger partial charge in [0.15, 0.2) is 0 Å². The third-order valence-corrected chi connectivity index (χ3v) is 6.39. The summed E-state index contributed by atoms with van der Waals surface area (Å²) in [6.45, 7) is 2.92. The van der Waals surface area contributed by atoms with Gasteiger partial charge in [0.25, 0.3) is 5.56 Å². The highest BCUT2D eigenvalue weighted by atomic mass is 35.5. The number of fused-ring (bicyclic) bond motifs is 1. The number of nitrogens with one attached hydrogen (secondary N) is 1. The number of benzene rings is 2. The number of pyridine rings is 1. The van der Waals surface area contributed by atoms with E-state index in [0.29, 0.717) is 34.9 Å². The molecule has 4 rings (SSSR count). The molecule has 1 aliphatic heterocycles. The molecule has 5 nitrogen and oxygen atoms in total. The van der Waals surface area contributed by atoms with Crippen molar-refractivity contribution in [3.05, 3.63) is 75.7 Å². The molecule has 0 atom stereocenters. The van der Waals surface area contributed by atoms with Gasteiger partial charge in [-0.05, 0) is 81.2 Å². The lowest BCUT2D eigenvalue weighted by Crippen LogP contribution is -2.33. The molecule has 162 valence electrons. The van der Waals surface area contributed by atoms with Crippen LogP contribution in [-0.4, -0.2) is 35.5 Å². The second kappa shape index (κ2) is 9.67. The van der Waals surface area contributed by atoms with Gasteiger partial charge in [0.2, 0.25) is 5.91 Å². The van der Waals surface area contributed by atoms with Crippen LogP contribution in [0, 0.1) is 5.92 Å². The monoisotopic (exact) mass is 437 g/mol. The molecule has 0 aliphatic carbocycles. The van der Waals surface area contributed by atoms with Gasteiger partial charge >= 0.3 is 0 Å². The third kappa shape index (κ3) is 5.35. The average molecular weight is 438 g/mol. The fraction of sp³-hybridized carbons (Fsp3) is 0.360.